The first-order valence-corrected chi connectivity index (χ1v) is 6.19. The van der Waals surface area contributed by atoms with E-state index in [0.717, 1.165) is 12.0 Å². The van der Waals surface area contributed by atoms with Crippen molar-refractivity contribution in [3.05, 3.63) is 42.5 Å². The predicted octanol–water partition coefficient (Wildman–Crippen LogP) is 1.14. The van der Waals surface area contributed by atoms with Gasteiger partial charge >= 0.3 is 0 Å². The summed E-state index contributed by atoms with van der Waals surface area (Å²) in [6.45, 7) is 3.71. The maximum atomic E-state index is 11.2. The van der Waals surface area contributed by atoms with Gasteiger partial charge in [0.1, 0.15) is 0 Å². The number of nitrogens with two attached hydrogens (primary N) is 1. The van der Waals surface area contributed by atoms with Gasteiger partial charge in [0.05, 0.1) is 0 Å². The summed E-state index contributed by atoms with van der Waals surface area (Å²) in [6, 6.07) is 7.10. The molecule has 3 atom stereocenters. The second kappa shape index (κ2) is 3.60. The molecule has 0 amide bonds. The highest BCUT2D eigenvalue weighted by Crippen LogP contribution is 2.50. The van der Waals surface area contributed by atoms with Gasteiger partial charge in [-0.1, -0.05) is 24.3 Å². The minimum Gasteiger partial charge on any atom is -0.343 e. The fourth-order valence-electron chi connectivity index (χ4n) is 1.98. The first-order chi connectivity index (χ1) is 7.09. The summed E-state index contributed by atoms with van der Waals surface area (Å²) in [7, 11) is -2.68. The van der Waals surface area contributed by atoms with E-state index in [4.69, 9.17) is 5.73 Å². The van der Waals surface area contributed by atoms with Crippen molar-refractivity contribution >= 4 is 13.3 Å². The molecule has 3 nitrogen and oxygen atoms in total. The van der Waals surface area contributed by atoms with E-state index in [0.29, 0.717) is 5.30 Å². The molecule has 1 aromatic rings. The number of rotatable bonds is 3. The van der Waals surface area contributed by atoms with Gasteiger partial charge in [-0.25, -0.2) is 0 Å². The lowest BCUT2D eigenvalue weighted by Crippen LogP contribution is -2.27. The Morgan fingerprint density at radius 1 is 1.60 bits per heavy atom. The monoisotopic (exact) mass is 223 g/mol. The topological polar surface area (TPSA) is 63.3 Å². The van der Waals surface area contributed by atoms with Crippen LogP contribution < -0.4 is 11.0 Å². The minimum absolute atomic E-state index is 0.222. The fourth-order valence-corrected chi connectivity index (χ4v) is 2.77. The van der Waals surface area contributed by atoms with Gasteiger partial charge in [-0.05, 0) is 18.1 Å². The molecule has 0 spiro atoms. The maximum Gasteiger partial charge on any atom is 0.218 e. The second-order valence-electron chi connectivity index (χ2n) is 3.94. The van der Waals surface area contributed by atoms with Gasteiger partial charge in [-0.3, -0.25) is 4.57 Å². The highest BCUT2D eigenvalue weighted by Gasteiger charge is 2.51. The Morgan fingerprint density at radius 2 is 2.27 bits per heavy atom. The third kappa shape index (κ3) is 1.67. The van der Waals surface area contributed by atoms with E-state index in [2.05, 4.69) is 6.58 Å². The third-order valence-corrected chi connectivity index (χ3v) is 3.90. The minimum atomic E-state index is -2.68. The van der Waals surface area contributed by atoms with Crippen LogP contribution in [0.15, 0.2) is 36.9 Å². The molecule has 1 aliphatic carbocycles. The van der Waals surface area contributed by atoms with Crippen LogP contribution >= 0.6 is 8.03 Å². The molecule has 2 rings (SSSR count). The molecular formula is C11H14NO2P. The fraction of sp³-hybridized carbons (Fsp3) is 0.273. The molecule has 1 unspecified atom stereocenters. The maximum absolute atomic E-state index is 11.2. The summed E-state index contributed by atoms with van der Waals surface area (Å²) in [6.07, 6.45) is 2.62. The van der Waals surface area contributed by atoms with E-state index in [1.165, 1.54) is 0 Å². The van der Waals surface area contributed by atoms with E-state index in [1.54, 1.807) is 12.1 Å². The Morgan fingerprint density at radius 3 is 2.80 bits per heavy atom. The molecule has 15 heavy (non-hydrogen) atoms. The molecule has 0 bridgehead atoms. The van der Waals surface area contributed by atoms with Crippen LogP contribution in [0.25, 0.3) is 0 Å². The van der Waals surface area contributed by atoms with Crippen molar-refractivity contribution in [3.8, 4) is 0 Å². The lowest BCUT2D eigenvalue weighted by molar-refractivity contribution is 0.512. The van der Waals surface area contributed by atoms with Crippen molar-refractivity contribution in [1.82, 2.24) is 0 Å². The number of hydrogen-bond donors (Lipinski definition) is 2. The van der Waals surface area contributed by atoms with Gasteiger partial charge in [0.25, 0.3) is 0 Å². The van der Waals surface area contributed by atoms with Crippen molar-refractivity contribution in [2.24, 2.45) is 11.7 Å². The van der Waals surface area contributed by atoms with E-state index in [1.807, 2.05) is 18.2 Å². The van der Waals surface area contributed by atoms with Crippen LogP contribution in [0, 0.1) is 5.92 Å². The zero-order chi connectivity index (χ0) is 11.1. The van der Waals surface area contributed by atoms with Gasteiger partial charge in [-0.2, -0.15) is 0 Å². The Hall–Kier alpha value is -0.890. The van der Waals surface area contributed by atoms with Gasteiger partial charge < -0.3 is 10.6 Å². The van der Waals surface area contributed by atoms with Crippen LogP contribution in [0.4, 0.5) is 0 Å². The first-order valence-electron chi connectivity index (χ1n) is 4.84. The average molecular weight is 223 g/mol. The van der Waals surface area contributed by atoms with Crippen LogP contribution in [0.1, 0.15) is 12.0 Å². The zero-order valence-electron chi connectivity index (χ0n) is 8.31. The van der Waals surface area contributed by atoms with Crippen molar-refractivity contribution in [1.29, 1.82) is 0 Å². The normalized spacial score (nSPS) is 30.9. The molecule has 0 heterocycles. The Bertz CT molecular complexity index is 432. The van der Waals surface area contributed by atoms with Crippen molar-refractivity contribution in [2.75, 3.05) is 0 Å². The molecule has 1 aliphatic rings. The Balaban J connectivity index is 2.45. The van der Waals surface area contributed by atoms with Crippen LogP contribution in [-0.2, 0) is 10.1 Å². The molecule has 4 heteroatoms. The van der Waals surface area contributed by atoms with E-state index in [9.17, 15) is 9.46 Å². The van der Waals surface area contributed by atoms with Crippen molar-refractivity contribution < 1.29 is 9.46 Å². The Labute approximate surface area is 89.5 Å². The van der Waals surface area contributed by atoms with Crippen molar-refractivity contribution in [3.63, 3.8) is 0 Å². The van der Waals surface area contributed by atoms with Crippen molar-refractivity contribution in [2.45, 2.75) is 12.0 Å². The first kappa shape index (κ1) is 10.6. The molecule has 1 aromatic carbocycles. The highest BCUT2D eigenvalue weighted by atomic mass is 31.1. The quantitative estimate of drug-likeness (QED) is 0.596. The molecule has 80 valence electrons. The van der Waals surface area contributed by atoms with Crippen LogP contribution in [0.2, 0.25) is 0 Å². The summed E-state index contributed by atoms with van der Waals surface area (Å²) in [5, 5.41) is 0.481. The number of benzene rings is 1. The molecule has 0 aromatic heterocycles. The summed E-state index contributed by atoms with van der Waals surface area (Å²) in [4.78, 5) is 9.22. The van der Waals surface area contributed by atoms with Gasteiger partial charge in [0.2, 0.25) is 8.03 Å². The molecule has 3 N–H and O–H groups in total. The second-order valence-corrected chi connectivity index (χ2v) is 5.09. The van der Waals surface area contributed by atoms with Crippen LogP contribution in [-0.4, -0.2) is 4.89 Å². The van der Waals surface area contributed by atoms with Gasteiger partial charge in [0, 0.05) is 16.8 Å². The molecule has 0 radical (unpaired) electrons. The molecule has 0 aliphatic heterocycles. The lowest BCUT2D eigenvalue weighted by atomic mass is 10.0. The lowest BCUT2D eigenvalue weighted by Gasteiger charge is -2.14. The molecular weight excluding hydrogens is 209 g/mol. The zero-order valence-corrected chi connectivity index (χ0v) is 9.31. The number of hydrogen-bond acceptors (Lipinski definition) is 2. The third-order valence-electron chi connectivity index (χ3n) is 3.00. The SMILES string of the molecule is C=C[C@H]1C[C@@]1(N)c1ccccc1[PH](=O)O. The van der Waals surface area contributed by atoms with E-state index >= 15 is 0 Å². The smallest absolute Gasteiger partial charge is 0.218 e. The van der Waals surface area contributed by atoms with Crippen LogP contribution in [0.3, 0.4) is 0 Å². The average Bonchev–Trinajstić information content (AvgIpc) is 2.91. The van der Waals surface area contributed by atoms with Gasteiger partial charge in [-0.15, -0.1) is 6.58 Å². The largest absolute Gasteiger partial charge is 0.343 e. The van der Waals surface area contributed by atoms with Gasteiger partial charge in [0.15, 0.2) is 0 Å². The van der Waals surface area contributed by atoms with E-state index < -0.39 is 13.6 Å². The summed E-state index contributed by atoms with van der Waals surface area (Å²) < 4.78 is 11.2. The molecule has 1 fully saturated rings. The molecule has 1 saturated carbocycles. The molecule has 0 saturated heterocycles. The highest BCUT2D eigenvalue weighted by molar-refractivity contribution is 7.47. The van der Waals surface area contributed by atoms with E-state index in [-0.39, 0.29) is 5.92 Å². The van der Waals surface area contributed by atoms with Crippen LogP contribution in [0.5, 0.6) is 0 Å². The Kier molecular flexibility index (Phi) is 2.55. The summed E-state index contributed by atoms with van der Waals surface area (Å²) >= 11 is 0. The predicted molar refractivity (Wildman–Crippen MR) is 61.5 cm³/mol. The summed E-state index contributed by atoms with van der Waals surface area (Å²) in [5.74, 6) is 0.222. The standard InChI is InChI=1S/C11H14NO2P/c1-2-8-7-11(8,12)9-5-3-4-6-10(9)15(13)14/h2-6,8,15H,1,7,12H2,(H,13,14)/t8-,11-/m0/s1. The summed E-state index contributed by atoms with van der Waals surface area (Å²) in [5.41, 5.74) is 6.48.